The number of cyclic esters (lactones) is 1. The van der Waals surface area contributed by atoms with Crippen molar-refractivity contribution in [3.05, 3.63) is 56.9 Å². The highest BCUT2D eigenvalue weighted by molar-refractivity contribution is 7.91. The standard InChI is InChI=1S/C48H74N3O11PS/c1-6-9-11-13-15-17-18-20-22-24-28-64(57,58)35-37(59-27-23-21-19-16-14-12-10-7-2)33-61-63(55,56)62-44-26-25-42-38(39(44)32-50(4)5)29-36-31-51-43(45(36)49-42)30-41-40(46(51)52)34-60-47(53)48(41,54)8-3/h25-26,29-30,37,54H,6-24,27-28,31-35H2,1-5H3,(H,55,56). The van der Waals surface area contributed by atoms with Gasteiger partial charge < -0.3 is 28.6 Å². The number of benzene rings is 1. The Morgan fingerprint density at radius 2 is 1.50 bits per heavy atom. The zero-order valence-corrected chi connectivity index (χ0v) is 40.7. The summed E-state index contributed by atoms with van der Waals surface area (Å²) < 4.78 is 64.6. The molecule has 358 valence electrons. The summed E-state index contributed by atoms with van der Waals surface area (Å²) in [5, 5.41) is 11.9. The first-order valence-electron chi connectivity index (χ1n) is 23.9. The van der Waals surface area contributed by atoms with Crippen LogP contribution >= 0.6 is 7.82 Å². The number of unbranched alkanes of at least 4 members (excludes halogenated alkanes) is 16. The molecule has 3 unspecified atom stereocenters. The second-order valence-electron chi connectivity index (χ2n) is 18.1. The fraction of sp³-hybridized carbons (Fsp3) is 0.688. The lowest BCUT2D eigenvalue weighted by Gasteiger charge is -2.31. The molecule has 0 amide bonds. The number of sulfone groups is 1. The van der Waals surface area contributed by atoms with Crippen LogP contribution in [0.2, 0.25) is 0 Å². The summed E-state index contributed by atoms with van der Waals surface area (Å²) >= 11 is 0. The molecule has 0 spiro atoms. The molecule has 3 atom stereocenters. The largest absolute Gasteiger partial charge is 0.527 e. The minimum absolute atomic E-state index is 0.0220. The molecule has 2 N–H and O–H groups in total. The first kappa shape index (κ1) is 51.8. The summed E-state index contributed by atoms with van der Waals surface area (Å²) in [6.45, 7) is 6.15. The Labute approximate surface area is 381 Å². The molecule has 64 heavy (non-hydrogen) atoms. The van der Waals surface area contributed by atoms with Gasteiger partial charge in [-0.1, -0.05) is 124 Å². The van der Waals surface area contributed by atoms with Crippen molar-refractivity contribution in [1.29, 1.82) is 0 Å². The van der Waals surface area contributed by atoms with Crippen molar-refractivity contribution in [2.45, 2.75) is 174 Å². The Hall–Kier alpha value is -3.17. The van der Waals surface area contributed by atoms with Crippen molar-refractivity contribution < 1.29 is 46.3 Å². The van der Waals surface area contributed by atoms with E-state index in [1.165, 1.54) is 64.2 Å². The maximum atomic E-state index is 13.7. The number of fused-ring (bicyclic) bond motifs is 5. The highest BCUT2D eigenvalue weighted by atomic mass is 32.2. The van der Waals surface area contributed by atoms with Gasteiger partial charge in [-0.25, -0.2) is 22.8 Å². The van der Waals surface area contributed by atoms with E-state index in [4.69, 9.17) is 23.5 Å². The zero-order valence-electron chi connectivity index (χ0n) is 39.0. The van der Waals surface area contributed by atoms with Crippen LogP contribution in [-0.2, 0) is 58.5 Å². The lowest BCUT2D eigenvalue weighted by molar-refractivity contribution is -0.172. The fourth-order valence-electron chi connectivity index (χ4n) is 8.79. The van der Waals surface area contributed by atoms with E-state index in [0.717, 1.165) is 44.9 Å². The summed E-state index contributed by atoms with van der Waals surface area (Å²) in [5.41, 5.74) is 0.892. The van der Waals surface area contributed by atoms with Crippen LogP contribution in [-0.4, -0.2) is 83.8 Å². The van der Waals surface area contributed by atoms with Crippen LogP contribution in [0.4, 0.5) is 0 Å². The summed E-state index contributed by atoms with van der Waals surface area (Å²) in [6.07, 6.45) is 18.8. The van der Waals surface area contributed by atoms with Crippen molar-refractivity contribution in [1.82, 2.24) is 14.5 Å². The van der Waals surface area contributed by atoms with E-state index in [1.807, 2.05) is 25.1 Å². The first-order chi connectivity index (χ1) is 30.6. The van der Waals surface area contributed by atoms with Gasteiger partial charge in [0.2, 0.25) is 0 Å². The maximum Gasteiger partial charge on any atom is 0.527 e. The van der Waals surface area contributed by atoms with E-state index < -0.39 is 41.9 Å². The number of phosphoric acid groups is 1. The number of carbonyl (C=O) groups excluding carboxylic acids is 1. The molecule has 0 saturated carbocycles. The summed E-state index contributed by atoms with van der Waals surface area (Å²) in [5.74, 6) is -1.01. The molecule has 0 saturated heterocycles. The maximum absolute atomic E-state index is 13.7. The quantitative estimate of drug-likeness (QED) is 0.0277. The molecule has 3 aromatic rings. The van der Waals surface area contributed by atoms with Gasteiger partial charge in [-0.05, 0) is 57.6 Å². The number of hydrogen-bond acceptors (Lipinski definition) is 12. The summed E-state index contributed by atoms with van der Waals surface area (Å²) in [4.78, 5) is 44.3. The lowest BCUT2D eigenvalue weighted by Crippen LogP contribution is -2.44. The number of ether oxygens (including phenoxy) is 2. The molecule has 14 nitrogen and oxygen atoms in total. The van der Waals surface area contributed by atoms with Crippen molar-refractivity contribution in [3.63, 3.8) is 0 Å². The average Bonchev–Trinajstić information content (AvgIpc) is 3.61. The summed E-state index contributed by atoms with van der Waals surface area (Å²) in [6, 6.07) is 6.72. The molecule has 0 aliphatic carbocycles. The smallest absolute Gasteiger partial charge is 0.458 e. The Bertz CT molecular complexity index is 2230. The minimum atomic E-state index is -4.82. The van der Waals surface area contributed by atoms with Gasteiger partial charge in [0.1, 0.15) is 12.4 Å². The summed E-state index contributed by atoms with van der Waals surface area (Å²) in [7, 11) is -4.67. The third-order valence-corrected chi connectivity index (χ3v) is 15.2. The SMILES string of the molecule is CCCCCCCCCCCCS(=O)(=O)CC(COP(=O)(O)Oc1ccc2nc3c(cc2c1CN(C)C)Cn1c-3cc2c(c1=O)COC(=O)C2(O)CC)OCCCCCCCCCC. The van der Waals surface area contributed by atoms with Crippen LogP contribution in [0.25, 0.3) is 22.3 Å². The van der Waals surface area contributed by atoms with Crippen molar-refractivity contribution in [3.8, 4) is 17.1 Å². The van der Waals surface area contributed by atoms with Gasteiger partial charge in [-0.15, -0.1) is 0 Å². The van der Waals surface area contributed by atoms with Gasteiger partial charge in [0.05, 0.1) is 53.2 Å². The Morgan fingerprint density at radius 3 is 2.11 bits per heavy atom. The minimum Gasteiger partial charge on any atom is -0.458 e. The molecular weight excluding hydrogens is 858 g/mol. The van der Waals surface area contributed by atoms with Crippen LogP contribution in [0.3, 0.4) is 0 Å². The number of pyridine rings is 2. The molecule has 2 aromatic heterocycles. The number of carbonyl (C=O) groups is 1. The second kappa shape index (κ2) is 24.6. The third-order valence-electron chi connectivity index (χ3n) is 12.5. The van der Waals surface area contributed by atoms with E-state index in [-0.39, 0.29) is 53.5 Å². The van der Waals surface area contributed by atoms with E-state index in [2.05, 4.69) is 13.8 Å². The van der Waals surface area contributed by atoms with Gasteiger partial charge in [0.15, 0.2) is 15.4 Å². The number of aliphatic hydroxyl groups is 1. The van der Waals surface area contributed by atoms with Crippen molar-refractivity contribution in [2.75, 3.05) is 38.8 Å². The first-order valence-corrected chi connectivity index (χ1v) is 27.2. The van der Waals surface area contributed by atoms with Crippen molar-refractivity contribution >= 4 is 34.5 Å². The molecule has 0 fully saturated rings. The van der Waals surface area contributed by atoms with Gasteiger partial charge >= 0.3 is 13.8 Å². The topological polar surface area (TPSA) is 184 Å². The Kier molecular flexibility index (Phi) is 19.9. The predicted octanol–water partition coefficient (Wildman–Crippen LogP) is 9.50. The monoisotopic (exact) mass is 931 g/mol. The van der Waals surface area contributed by atoms with Crippen LogP contribution < -0.4 is 10.1 Å². The average molecular weight is 932 g/mol. The van der Waals surface area contributed by atoms with E-state index in [1.54, 1.807) is 29.7 Å². The number of hydrogen-bond donors (Lipinski definition) is 2. The van der Waals surface area contributed by atoms with Crippen LogP contribution in [0.15, 0.2) is 29.1 Å². The second-order valence-corrected chi connectivity index (χ2v) is 21.7. The van der Waals surface area contributed by atoms with E-state index in [0.29, 0.717) is 53.0 Å². The number of nitrogens with zero attached hydrogens (tertiary/aromatic N) is 3. The van der Waals surface area contributed by atoms with Gasteiger partial charge in [-0.3, -0.25) is 14.2 Å². The third kappa shape index (κ3) is 14.2. The highest BCUT2D eigenvalue weighted by Gasteiger charge is 2.45. The molecule has 2 aliphatic rings. The Balaban J connectivity index is 1.28. The lowest BCUT2D eigenvalue weighted by atomic mass is 9.86. The van der Waals surface area contributed by atoms with Crippen LogP contribution in [0.5, 0.6) is 5.75 Å². The zero-order chi connectivity index (χ0) is 46.3. The molecular formula is C48H74N3O11PS. The van der Waals surface area contributed by atoms with Crippen LogP contribution in [0, 0.1) is 0 Å². The number of esters is 1. The number of rotatable bonds is 31. The van der Waals surface area contributed by atoms with Gasteiger partial charge in [0, 0.05) is 35.2 Å². The highest BCUT2D eigenvalue weighted by Crippen LogP contribution is 2.47. The van der Waals surface area contributed by atoms with Crippen LogP contribution in [0.1, 0.15) is 165 Å². The van der Waals surface area contributed by atoms with E-state index >= 15 is 0 Å². The molecule has 2 aliphatic heterocycles. The predicted molar refractivity (Wildman–Crippen MR) is 251 cm³/mol. The number of phosphoric ester groups is 1. The molecule has 0 bridgehead atoms. The molecule has 1 aromatic carbocycles. The molecule has 0 radical (unpaired) electrons. The number of aromatic nitrogens is 2. The molecule has 16 heteroatoms. The van der Waals surface area contributed by atoms with Gasteiger partial charge in [0.25, 0.3) is 5.56 Å². The fourth-order valence-corrected chi connectivity index (χ4v) is 11.2. The molecule has 4 heterocycles. The normalized spacial score (nSPS) is 17.3. The van der Waals surface area contributed by atoms with E-state index in [9.17, 15) is 32.6 Å². The van der Waals surface area contributed by atoms with Gasteiger partial charge in [-0.2, -0.15) is 0 Å². The Morgan fingerprint density at radius 1 is 0.891 bits per heavy atom. The van der Waals surface area contributed by atoms with Crippen molar-refractivity contribution in [2.24, 2.45) is 0 Å². The molecule has 5 rings (SSSR count).